The van der Waals surface area contributed by atoms with Gasteiger partial charge in [-0.25, -0.2) is 4.79 Å². The summed E-state index contributed by atoms with van der Waals surface area (Å²) in [5.74, 6) is 0. The van der Waals surface area contributed by atoms with Crippen LogP contribution < -0.4 is 11.2 Å². The van der Waals surface area contributed by atoms with E-state index in [1.807, 2.05) is 0 Å². The maximum Gasteiger partial charge on any atom is 0.328 e. The number of aromatic nitrogens is 2. The van der Waals surface area contributed by atoms with E-state index in [-0.39, 0.29) is 11.2 Å². The Labute approximate surface area is 109 Å². The average molecular weight is 303 g/mol. The second-order valence-corrected chi connectivity index (χ2v) is 5.02. The maximum atomic E-state index is 11.7. The van der Waals surface area contributed by atoms with E-state index in [1.54, 1.807) is 0 Å². The highest BCUT2D eigenvalue weighted by molar-refractivity contribution is 9.10. The quantitative estimate of drug-likeness (QED) is 0.787. The van der Waals surface area contributed by atoms with Gasteiger partial charge in [0, 0.05) is 12.7 Å². The predicted molar refractivity (Wildman–Crippen MR) is 72.4 cm³/mol. The minimum Gasteiger partial charge on any atom is -0.313 e. The van der Waals surface area contributed by atoms with Gasteiger partial charge in [-0.1, -0.05) is 39.0 Å². The fourth-order valence-electron chi connectivity index (χ4n) is 1.74. The molecule has 0 atom stereocenters. The lowest BCUT2D eigenvalue weighted by Gasteiger charge is -2.04. The average Bonchev–Trinajstić information content (AvgIpc) is 2.32. The van der Waals surface area contributed by atoms with Gasteiger partial charge in [-0.05, 0) is 22.4 Å². The molecule has 0 bridgehead atoms. The van der Waals surface area contributed by atoms with E-state index in [1.165, 1.54) is 36.4 Å². The normalized spacial score (nSPS) is 10.7. The highest BCUT2D eigenvalue weighted by atomic mass is 79.9. The van der Waals surface area contributed by atoms with E-state index in [0.717, 1.165) is 12.8 Å². The number of nitrogens with one attached hydrogen (secondary N) is 1. The molecule has 0 amide bonds. The van der Waals surface area contributed by atoms with Crippen LogP contribution in [0, 0.1) is 0 Å². The Hall–Kier alpha value is -0.840. The molecule has 0 aromatic carbocycles. The van der Waals surface area contributed by atoms with Crippen molar-refractivity contribution < 1.29 is 0 Å². The van der Waals surface area contributed by atoms with Crippen LogP contribution in [-0.2, 0) is 6.54 Å². The van der Waals surface area contributed by atoms with E-state index in [0.29, 0.717) is 11.0 Å². The van der Waals surface area contributed by atoms with Crippen molar-refractivity contribution in [2.24, 2.45) is 0 Å². The van der Waals surface area contributed by atoms with Crippen molar-refractivity contribution in [3.63, 3.8) is 0 Å². The zero-order valence-corrected chi connectivity index (χ0v) is 11.8. The molecule has 0 spiro atoms. The summed E-state index contributed by atoms with van der Waals surface area (Å²) < 4.78 is 1.66. The molecule has 1 aromatic heterocycles. The van der Waals surface area contributed by atoms with Crippen LogP contribution in [0.15, 0.2) is 20.3 Å². The van der Waals surface area contributed by atoms with E-state index < -0.39 is 0 Å². The molecule has 1 aromatic rings. The van der Waals surface area contributed by atoms with Crippen LogP contribution in [0.1, 0.15) is 45.4 Å². The van der Waals surface area contributed by atoms with Crippen LogP contribution in [0.3, 0.4) is 0 Å². The molecule has 0 saturated heterocycles. The van der Waals surface area contributed by atoms with Crippen molar-refractivity contribution in [2.75, 3.05) is 0 Å². The summed E-state index contributed by atoms with van der Waals surface area (Å²) in [6.07, 6.45) is 8.24. The second-order valence-electron chi connectivity index (χ2n) is 4.17. The Bertz CT molecular complexity index is 451. The molecule has 17 heavy (non-hydrogen) atoms. The minimum atomic E-state index is -0.327. The van der Waals surface area contributed by atoms with E-state index in [4.69, 9.17) is 0 Å². The lowest BCUT2D eigenvalue weighted by Crippen LogP contribution is -2.35. The van der Waals surface area contributed by atoms with Gasteiger partial charge in [0.2, 0.25) is 0 Å². The van der Waals surface area contributed by atoms with Gasteiger partial charge in [0.25, 0.3) is 5.56 Å². The van der Waals surface area contributed by atoms with Crippen LogP contribution >= 0.6 is 15.9 Å². The molecule has 1 N–H and O–H groups in total. The number of nitrogens with zero attached hydrogens (tertiary/aromatic N) is 1. The maximum absolute atomic E-state index is 11.7. The fourth-order valence-corrected chi connectivity index (χ4v) is 2.07. The topological polar surface area (TPSA) is 54.9 Å². The lowest BCUT2D eigenvalue weighted by molar-refractivity contribution is 0.533. The SMILES string of the molecule is CCCCCCCCn1c(=O)[nH]cc(Br)c1=O. The first-order valence-electron chi connectivity index (χ1n) is 6.15. The van der Waals surface area contributed by atoms with Crippen molar-refractivity contribution in [1.82, 2.24) is 9.55 Å². The highest BCUT2D eigenvalue weighted by Crippen LogP contribution is 2.05. The summed E-state index contributed by atoms with van der Waals surface area (Å²) >= 11 is 3.12. The first-order valence-corrected chi connectivity index (χ1v) is 6.94. The summed E-state index contributed by atoms with van der Waals surface area (Å²) in [6.45, 7) is 2.68. The molecule has 96 valence electrons. The molecule has 0 fully saturated rings. The third kappa shape index (κ3) is 4.50. The van der Waals surface area contributed by atoms with Gasteiger partial charge in [-0.15, -0.1) is 0 Å². The zero-order chi connectivity index (χ0) is 12.7. The van der Waals surface area contributed by atoms with Gasteiger partial charge in [0.05, 0.1) is 4.47 Å². The molecular weight excluding hydrogens is 284 g/mol. The van der Waals surface area contributed by atoms with Crippen molar-refractivity contribution in [2.45, 2.75) is 52.0 Å². The first kappa shape index (κ1) is 14.2. The number of unbranched alkanes of at least 4 members (excludes halogenated alkanes) is 5. The van der Waals surface area contributed by atoms with Gasteiger partial charge >= 0.3 is 5.69 Å². The molecular formula is C12H19BrN2O2. The van der Waals surface area contributed by atoms with Crippen molar-refractivity contribution in [3.05, 3.63) is 31.5 Å². The van der Waals surface area contributed by atoms with Crippen molar-refractivity contribution in [3.8, 4) is 0 Å². The van der Waals surface area contributed by atoms with Crippen LogP contribution in [0.4, 0.5) is 0 Å². The number of hydrogen-bond donors (Lipinski definition) is 1. The Kier molecular flexibility index (Phi) is 6.26. The number of H-pyrrole nitrogens is 1. The first-order chi connectivity index (χ1) is 8.16. The molecule has 0 saturated carbocycles. The Balaban J connectivity index is 2.45. The smallest absolute Gasteiger partial charge is 0.313 e. The molecule has 5 heteroatoms. The Morgan fingerprint density at radius 2 is 1.82 bits per heavy atom. The summed E-state index contributed by atoms with van der Waals surface area (Å²) in [5, 5.41) is 0. The molecule has 1 rings (SSSR count). The van der Waals surface area contributed by atoms with Crippen LogP contribution in [-0.4, -0.2) is 9.55 Å². The third-order valence-corrected chi connectivity index (χ3v) is 3.32. The van der Waals surface area contributed by atoms with Gasteiger partial charge in [0.15, 0.2) is 0 Å². The third-order valence-electron chi connectivity index (χ3n) is 2.75. The van der Waals surface area contributed by atoms with E-state index in [2.05, 4.69) is 27.8 Å². The zero-order valence-electron chi connectivity index (χ0n) is 10.2. The largest absolute Gasteiger partial charge is 0.328 e. The van der Waals surface area contributed by atoms with Crippen LogP contribution in [0.2, 0.25) is 0 Å². The van der Waals surface area contributed by atoms with Gasteiger partial charge in [-0.2, -0.15) is 0 Å². The number of hydrogen-bond acceptors (Lipinski definition) is 2. The minimum absolute atomic E-state index is 0.248. The fraction of sp³-hybridized carbons (Fsp3) is 0.667. The number of halogens is 1. The predicted octanol–water partition coefficient (Wildman–Crippen LogP) is 2.66. The van der Waals surface area contributed by atoms with Crippen molar-refractivity contribution >= 4 is 15.9 Å². The summed E-state index contributed by atoms with van der Waals surface area (Å²) in [7, 11) is 0. The summed E-state index contributed by atoms with van der Waals surface area (Å²) in [4.78, 5) is 25.6. The summed E-state index contributed by atoms with van der Waals surface area (Å²) in [6, 6.07) is 0. The molecule has 1 heterocycles. The molecule has 0 aliphatic carbocycles. The molecule has 0 unspecified atom stereocenters. The monoisotopic (exact) mass is 302 g/mol. The number of aromatic amines is 1. The molecule has 4 nitrogen and oxygen atoms in total. The number of rotatable bonds is 7. The highest BCUT2D eigenvalue weighted by Gasteiger charge is 2.04. The van der Waals surface area contributed by atoms with E-state index in [9.17, 15) is 9.59 Å². The van der Waals surface area contributed by atoms with Crippen LogP contribution in [0.5, 0.6) is 0 Å². The van der Waals surface area contributed by atoms with Gasteiger partial charge in [-0.3, -0.25) is 9.36 Å². The summed E-state index contributed by atoms with van der Waals surface area (Å²) in [5.41, 5.74) is -0.575. The second kappa shape index (κ2) is 7.48. The molecule has 0 aliphatic heterocycles. The lowest BCUT2D eigenvalue weighted by atomic mass is 10.1. The standard InChI is InChI=1S/C12H19BrN2O2/c1-2-3-4-5-6-7-8-15-11(16)10(13)9-14-12(15)17/h9H,2-8H2,1H3,(H,14,17). The molecule has 0 radical (unpaired) electrons. The Morgan fingerprint density at radius 1 is 1.18 bits per heavy atom. The van der Waals surface area contributed by atoms with Gasteiger partial charge < -0.3 is 4.98 Å². The van der Waals surface area contributed by atoms with E-state index >= 15 is 0 Å². The molecule has 0 aliphatic rings. The van der Waals surface area contributed by atoms with Crippen molar-refractivity contribution in [1.29, 1.82) is 0 Å². The van der Waals surface area contributed by atoms with Crippen LogP contribution in [0.25, 0.3) is 0 Å². The Morgan fingerprint density at radius 3 is 2.53 bits per heavy atom. The van der Waals surface area contributed by atoms with Gasteiger partial charge in [0.1, 0.15) is 0 Å².